The molecule has 0 aliphatic heterocycles. The Hall–Kier alpha value is -0.610. The van der Waals surface area contributed by atoms with Crippen molar-refractivity contribution in [3.63, 3.8) is 0 Å². The molecular weight excluding hydrogens is 134 g/mol. The highest BCUT2D eigenvalue weighted by Crippen LogP contribution is 1.85. The van der Waals surface area contributed by atoms with E-state index < -0.39 is 0 Å². The largest absolute Gasteiger partial charge is 0.466 e. The van der Waals surface area contributed by atoms with Gasteiger partial charge in [-0.15, -0.1) is 0 Å². The SMILES string of the molecule is CCCOC(=O)CC.NO. The molecule has 0 aliphatic carbocycles. The molecule has 0 heterocycles. The summed E-state index contributed by atoms with van der Waals surface area (Å²) in [5, 5.41) is 6.50. The fourth-order valence-electron chi connectivity index (χ4n) is 0.318. The standard InChI is InChI=1S/C6H12O2.H3NO/c1-3-5-8-6(7)4-2;1-2/h3-5H2,1-2H3;2H,1H2. The third kappa shape index (κ3) is 10.4. The van der Waals surface area contributed by atoms with Crippen LogP contribution in [0.1, 0.15) is 26.7 Å². The number of ether oxygens (including phenoxy) is 1. The summed E-state index contributed by atoms with van der Waals surface area (Å²) in [4.78, 5) is 10.3. The lowest BCUT2D eigenvalue weighted by Gasteiger charge is -1.97. The first-order chi connectivity index (χ1) is 4.81. The molecule has 0 fully saturated rings. The minimum atomic E-state index is -0.105. The Morgan fingerprint density at radius 3 is 2.30 bits per heavy atom. The fraction of sp³-hybridized carbons (Fsp3) is 0.833. The van der Waals surface area contributed by atoms with Crippen LogP contribution in [0.4, 0.5) is 0 Å². The molecule has 0 aliphatic rings. The molecule has 0 amide bonds. The summed E-state index contributed by atoms with van der Waals surface area (Å²) in [5.74, 6) is 3.40. The second-order valence-corrected chi connectivity index (χ2v) is 1.57. The number of esters is 1. The minimum absolute atomic E-state index is 0.105. The topological polar surface area (TPSA) is 72.5 Å². The zero-order valence-corrected chi connectivity index (χ0v) is 6.46. The Morgan fingerprint density at radius 1 is 1.50 bits per heavy atom. The van der Waals surface area contributed by atoms with E-state index in [9.17, 15) is 4.79 Å². The minimum Gasteiger partial charge on any atom is -0.466 e. The molecule has 4 nitrogen and oxygen atoms in total. The zero-order valence-electron chi connectivity index (χ0n) is 6.46. The zero-order chi connectivity index (χ0) is 8.41. The van der Waals surface area contributed by atoms with Crippen molar-refractivity contribution in [3.8, 4) is 0 Å². The molecule has 4 heteroatoms. The Kier molecular flexibility index (Phi) is 13.6. The predicted molar refractivity (Wildman–Crippen MR) is 37.5 cm³/mol. The Morgan fingerprint density at radius 2 is 2.00 bits per heavy atom. The van der Waals surface area contributed by atoms with Crippen molar-refractivity contribution in [3.05, 3.63) is 0 Å². The maximum atomic E-state index is 10.3. The summed E-state index contributed by atoms with van der Waals surface area (Å²) < 4.78 is 4.70. The molecule has 0 aromatic carbocycles. The van der Waals surface area contributed by atoms with Crippen LogP contribution in [0.5, 0.6) is 0 Å². The quantitative estimate of drug-likeness (QED) is 0.457. The first kappa shape index (κ1) is 12.1. The Labute approximate surface area is 60.9 Å². The Balaban J connectivity index is 0. The molecule has 0 saturated carbocycles. The van der Waals surface area contributed by atoms with Gasteiger partial charge >= 0.3 is 5.97 Å². The van der Waals surface area contributed by atoms with Crippen molar-refractivity contribution in [1.82, 2.24) is 0 Å². The number of hydrogen-bond acceptors (Lipinski definition) is 4. The number of rotatable bonds is 3. The number of nitrogens with two attached hydrogens (primary N) is 1. The van der Waals surface area contributed by atoms with Crippen LogP contribution in [-0.2, 0) is 9.53 Å². The molecule has 0 rings (SSSR count). The normalized spacial score (nSPS) is 7.60. The van der Waals surface area contributed by atoms with Crippen molar-refractivity contribution >= 4 is 5.97 Å². The Bertz CT molecular complexity index is 75.4. The van der Waals surface area contributed by atoms with Gasteiger partial charge in [-0.2, -0.15) is 0 Å². The molecule has 0 aromatic heterocycles. The van der Waals surface area contributed by atoms with Gasteiger partial charge in [-0.3, -0.25) is 4.79 Å². The van der Waals surface area contributed by atoms with Crippen LogP contribution >= 0.6 is 0 Å². The van der Waals surface area contributed by atoms with E-state index in [-0.39, 0.29) is 5.97 Å². The van der Waals surface area contributed by atoms with Gasteiger partial charge in [-0.05, 0) is 6.42 Å². The van der Waals surface area contributed by atoms with E-state index in [1.54, 1.807) is 6.92 Å². The third-order valence-corrected chi connectivity index (χ3v) is 0.756. The van der Waals surface area contributed by atoms with Crippen LogP contribution in [0.2, 0.25) is 0 Å². The summed E-state index contributed by atoms with van der Waals surface area (Å²) in [6, 6.07) is 0. The van der Waals surface area contributed by atoms with Crippen molar-refractivity contribution in [2.45, 2.75) is 26.7 Å². The molecular formula is C6H15NO3. The average Bonchev–Trinajstić information content (AvgIpc) is 2.04. The second-order valence-electron chi connectivity index (χ2n) is 1.57. The van der Waals surface area contributed by atoms with E-state index in [0.717, 1.165) is 6.42 Å². The van der Waals surface area contributed by atoms with Gasteiger partial charge in [-0.25, -0.2) is 5.90 Å². The predicted octanol–water partition coefficient (Wildman–Crippen LogP) is 0.684. The molecule has 0 spiro atoms. The van der Waals surface area contributed by atoms with Gasteiger partial charge in [0.05, 0.1) is 6.61 Å². The van der Waals surface area contributed by atoms with Gasteiger partial charge in [0.2, 0.25) is 0 Å². The lowest BCUT2D eigenvalue weighted by molar-refractivity contribution is -0.143. The van der Waals surface area contributed by atoms with Crippen LogP contribution in [0.3, 0.4) is 0 Å². The van der Waals surface area contributed by atoms with Crippen molar-refractivity contribution in [2.75, 3.05) is 6.61 Å². The van der Waals surface area contributed by atoms with E-state index in [1.165, 1.54) is 0 Å². The highest BCUT2D eigenvalue weighted by atomic mass is 16.5. The van der Waals surface area contributed by atoms with Crippen molar-refractivity contribution in [1.29, 1.82) is 0 Å². The monoisotopic (exact) mass is 149 g/mol. The molecule has 10 heavy (non-hydrogen) atoms. The maximum Gasteiger partial charge on any atom is 0.305 e. The second kappa shape index (κ2) is 11.2. The van der Waals surface area contributed by atoms with Crippen molar-refractivity contribution in [2.24, 2.45) is 5.90 Å². The summed E-state index contributed by atoms with van der Waals surface area (Å²) >= 11 is 0. The van der Waals surface area contributed by atoms with Gasteiger partial charge in [0, 0.05) is 6.42 Å². The molecule has 0 aromatic rings. The molecule has 3 N–H and O–H groups in total. The van der Waals surface area contributed by atoms with E-state index in [0.29, 0.717) is 13.0 Å². The molecule has 0 atom stereocenters. The third-order valence-electron chi connectivity index (χ3n) is 0.756. The molecule has 0 bridgehead atoms. The van der Waals surface area contributed by atoms with Crippen LogP contribution in [-0.4, -0.2) is 17.8 Å². The van der Waals surface area contributed by atoms with Gasteiger partial charge < -0.3 is 9.94 Å². The molecule has 0 saturated heterocycles. The van der Waals surface area contributed by atoms with Crippen LogP contribution in [0, 0.1) is 0 Å². The highest BCUT2D eigenvalue weighted by Gasteiger charge is 1.93. The van der Waals surface area contributed by atoms with Crippen LogP contribution in [0.15, 0.2) is 0 Å². The molecule has 0 radical (unpaired) electrons. The summed E-state index contributed by atoms with van der Waals surface area (Å²) in [5.41, 5.74) is 0. The summed E-state index contributed by atoms with van der Waals surface area (Å²) in [6.07, 6.45) is 1.39. The van der Waals surface area contributed by atoms with Gasteiger partial charge in [-0.1, -0.05) is 13.8 Å². The lowest BCUT2D eigenvalue weighted by atomic mass is 10.5. The van der Waals surface area contributed by atoms with Gasteiger partial charge in [0.1, 0.15) is 0 Å². The van der Waals surface area contributed by atoms with E-state index in [4.69, 9.17) is 9.94 Å². The van der Waals surface area contributed by atoms with E-state index in [1.807, 2.05) is 6.92 Å². The first-order valence-electron chi connectivity index (χ1n) is 3.22. The highest BCUT2D eigenvalue weighted by molar-refractivity contribution is 5.68. The molecule has 62 valence electrons. The van der Waals surface area contributed by atoms with Crippen LogP contribution < -0.4 is 5.90 Å². The van der Waals surface area contributed by atoms with Crippen LogP contribution in [0.25, 0.3) is 0 Å². The van der Waals surface area contributed by atoms with E-state index >= 15 is 0 Å². The van der Waals surface area contributed by atoms with E-state index in [2.05, 4.69) is 5.90 Å². The van der Waals surface area contributed by atoms with Gasteiger partial charge in [0.25, 0.3) is 0 Å². The lowest BCUT2D eigenvalue weighted by Crippen LogP contribution is -2.02. The number of hydrogen-bond donors (Lipinski definition) is 2. The van der Waals surface area contributed by atoms with Gasteiger partial charge in [0.15, 0.2) is 0 Å². The number of carbonyl (C=O) groups is 1. The van der Waals surface area contributed by atoms with Crippen molar-refractivity contribution < 1.29 is 14.7 Å². The fourth-order valence-corrected chi connectivity index (χ4v) is 0.318. The smallest absolute Gasteiger partial charge is 0.305 e. The average molecular weight is 149 g/mol. The maximum absolute atomic E-state index is 10.3. The summed E-state index contributed by atoms with van der Waals surface area (Å²) in [6.45, 7) is 4.33. The first-order valence-corrected chi connectivity index (χ1v) is 3.22. The number of carbonyl (C=O) groups excluding carboxylic acids is 1. The molecule has 0 unspecified atom stereocenters. The summed E-state index contributed by atoms with van der Waals surface area (Å²) in [7, 11) is 0.